The molecule has 1 unspecified atom stereocenters. The van der Waals surface area contributed by atoms with Gasteiger partial charge in [-0.05, 0) is 26.3 Å². The molecule has 0 rings (SSSR count). The van der Waals surface area contributed by atoms with Crippen molar-refractivity contribution in [2.45, 2.75) is 45.8 Å². The summed E-state index contributed by atoms with van der Waals surface area (Å²) in [6, 6.07) is -0.347. The average molecular weight is 185 g/mol. The summed E-state index contributed by atoms with van der Waals surface area (Å²) in [4.78, 5) is 13.7. The number of ether oxygens (including phenoxy) is 1. The molecular weight excluding hydrogens is 170 g/mol. The van der Waals surface area contributed by atoms with Crippen molar-refractivity contribution in [2.75, 3.05) is 0 Å². The number of hydrogen-bond donors (Lipinski definition) is 0. The van der Waals surface area contributed by atoms with Gasteiger partial charge in [0.2, 0.25) is 0 Å². The fraction of sp³-hybridized carbons (Fsp3) is 0.875. The minimum atomic E-state index is -0.479. The van der Waals surface area contributed by atoms with Crippen molar-refractivity contribution in [1.29, 1.82) is 0 Å². The maximum Gasteiger partial charge on any atom is 0.306 e. The first-order valence-electron chi connectivity index (χ1n) is 4.11. The summed E-state index contributed by atoms with van der Waals surface area (Å²) >= 11 is 0. The molecule has 0 bridgehead atoms. The minimum Gasteiger partial charge on any atom is -0.460 e. The van der Waals surface area contributed by atoms with Crippen molar-refractivity contribution in [3.8, 4) is 0 Å². The lowest BCUT2D eigenvalue weighted by molar-refractivity contribution is -0.155. The van der Waals surface area contributed by atoms with Gasteiger partial charge in [0.15, 0.2) is 0 Å². The zero-order valence-electron chi connectivity index (χ0n) is 8.44. The van der Waals surface area contributed by atoms with Gasteiger partial charge < -0.3 is 4.74 Å². The topological polar surface area (TPSA) is 75.1 Å². The van der Waals surface area contributed by atoms with Crippen LogP contribution < -0.4 is 0 Å². The molecule has 13 heavy (non-hydrogen) atoms. The Balaban J connectivity index is 3.95. The van der Waals surface area contributed by atoms with E-state index in [1.54, 1.807) is 27.7 Å². The van der Waals surface area contributed by atoms with Gasteiger partial charge in [-0.25, -0.2) is 0 Å². The van der Waals surface area contributed by atoms with E-state index in [2.05, 4.69) is 10.0 Å². The molecule has 0 saturated heterocycles. The van der Waals surface area contributed by atoms with E-state index in [9.17, 15) is 4.79 Å². The summed E-state index contributed by atoms with van der Waals surface area (Å²) in [7, 11) is 0. The molecule has 0 aliphatic heterocycles. The zero-order valence-corrected chi connectivity index (χ0v) is 8.44. The lowest BCUT2D eigenvalue weighted by atomic mass is 10.2. The highest BCUT2D eigenvalue weighted by molar-refractivity contribution is 5.70. The van der Waals surface area contributed by atoms with Crippen LogP contribution >= 0.6 is 0 Å². The van der Waals surface area contributed by atoms with Crippen LogP contribution in [0.15, 0.2) is 5.11 Å². The number of carbonyl (C=O) groups excluding carboxylic acids is 1. The SMILES string of the molecule is CC(CC(=O)OC(C)(C)C)N=[N+]=[N-]. The van der Waals surface area contributed by atoms with Gasteiger partial charge >= 0.3 is 5.97 Å². The Morgan fingerprint density at radius 2 is 2.15 bits per heavy atom. The summed E-state index contributed by atoms with van der Waals surface area (Å²) in [5, 5.41) is 3.37. The van der Waals surface area contributed by atoms with Gasteiger partial charge in [-0.3, -0.25) is 4.79 Å². The van der Waals surface area contributed by atoms with Crippen LogP contribution in [0.5, 0.6) is 0 Å². The van der Waals surface area contributed by atoms with E-state index in [0.29, 0.717) is 0 Å². The monoisotopic (exact) mass is 185 g/mol. The zero-order chi connectivity index (χ0) is 10.5. The third-order valence-electron chi connectivity index (χ3n) is 1.13. The van der Waals surface area contributed by atoms with Crippen molar-refractivity contribution < 1.29 is 9.53 Å². The Kier molecular flexibility index (Phi) is 4.28. The van der Waals surface area contributed by atoms with Crippen LogP contribution in [0, 0.1) is 0 Å². The van der Waals surface area contributed by atoms with Crippen LogP contribution in [0.1, 0.15) is 34.1 Å². The number of hydrogen-bond acceptors (Lipinski definition) is 3. The highest BCUT2D eigenvalue weighted by atomic mass is 16.6. The minimum absolute atomic E-state index is 0.126. The predicted octanol–water partition coefficient (Wildman–Crippen LogP) is 2.42. The van der Waals surface area contributed by atoms with Gasteiger partial charge in [0.05, 0.1) is 6.42 Å². The second kappa shape index (κ2) is 4.72. The van der Waals surface area contributed by atoms with E-state index < -0.39 is 5.60 Å². The summed E-state index contributed by atoms with van der Waals surface area (Å²) < 4.78 is 5.03. The Labute approximate surface area is 77.7 Å². The van der Waals surface area contributed by atoms with Crippen LogP contribution in [0.4, 0.5) is 0 Å². The van der Waals surface area contributed by atoms with Crippen molar-refractivity contribution in [1.82, 2.24) is 0 Å². The molecule has 0 radical (unpaired) electrons. The van der Waals surface area contributed by atoms with Gasteiger partial charge in [0, 0.05) is 11.0 Å². The van der Waals surface area contributed by atoms with Crippen LogP contribution in [0.3, 0.4) is 0 Å². The van der Waals surface area contributed by atoms with E-state index in [4.69, 9.17) is 10.3 Å². The van der Waals surface area contributed by atoms with E-state index in [1.807, 2.05) is 0 Å². The highest BCUT2D eigenvalue weighted by Crippen LogP contribution is 2.10. The molecule has 0 aromatic carbocycles. The molecule has 0 aliphatic carbocycles. The van der Waals surface area contributed by atoms with Gasteiger partial charge in [-0.15, -0.1) is 0 Å². The van der Waals surface area contributed by atoms with Crippen LogP contribution in [0.2, 0.25) is 0 Å². The number of rotatable bonds is 3. The first-order valence-corrected chi connectivity index (χ1v) is 4.11. The molecular formula is C8H15N3O2. The van der Waals surface area contributed by atoms with Gasteiger partial charge in [0.1, 0.15) is 5.60 Å². The van der Waals surface area contributed by atoms with Crippen molar-refractivity contribution in [3.05, 3.63) is 10.4 Å². The molecule has 5 nitrogen and oxygen atoms in total. The smallest absolute Gasteiger partial charge is 0.306 e. The maximum absolute atomic E-state index is 11.1. The van der Waals surface area contributed by atoms with Gasteiger partial charge in [-0.1, -0.05) is 12.0 Å². The molecule has 0 fully saturated rings. The summed E-state index contributed by atoms with van der Waals surface area (Å²) in [5.74, 6) is -0.340. The quantitative estimate of drug-likeness (QED) is 0.293. The maximum atomic E-state index is 11.1. The van der Waals surface area contributed by atoms with Crippen molar-refractivity contribution in [2.24, 2.45) is 5.11 Å². The number of nitrogens with zero attached hydrogens (tertiary/aromatic N) is 3. The fourth-order valence-electron chi connectivity index (χ4n) is 0.753. The van der Waals surface area contributed by atoms with E-state index in [1.165, 1.54) is 0 Å². The fourth-order valence-corrected chi connectivity index (χ4v) is 0.753. The van der Waals surface area contributed by atoms with Crippen molar-refractivity contribution in [3.63, 3.8) is 0 Å². The van der Waals surface area contributed by atoms with Crippen LogP contribution in [0.25, 0.3) is 10.4 Å². The lowest BCUT2D eigenvalue weighted by Gasteiger charge is -2.19. The van der Waals surface area contributed by atoms with Gasteiger partial charge in [-0.2, -0.15) is 0 Å². The van der Waals surface area contributed by atoms with Crippen LogP contribution in [-0.4, -0.2) is 17.6 Å². The molecule has 74 valence electrons. The predicted molar refractivity (Wildman–Crippen MR) is 49.1 cm³/mol. The number of azide groups is 1. The molecule has 0 spiro atoms. The van der Waals surface area contributed by atoms with E-state index in [-0.39, 0.29) is 18.4 Å². The lowest BCUT2D eigenvalue weighted by Crippen LogP contribution is -2.25. The molecule has 0 heterocycles. The third-order valence-corrected chi connectivity index (χ3v) is 1.13. The average Bonchev–Trinajstić information content (AvgIpc) is 1.81. The molecule has 0 N–H and O–H groups in total. The summed E-state index contributed by atoms with van der Waals surface area (Å²) in [6.45, 7) is 7.05. The Morgan fingerprint density at radius 1 is 1.62 bits per heavy atom. The Hall–Kier alpha value is -1.22. The largest absolute Gasteiger partial charge is 0.460 e. The second-order valence-electron chi connectivity index (χ2n) is 3.84. The van der Waals surface area contributed by atoms with Crippen LogP contribution in [-0.2, 0) is 9.53 Å². The molecule has 0 saturated carbocycles. The van der Waals surface area contributed by atoms with Gasteiger partial charge in [0.25, 0.3) is 0 Å². The first kappa shape index (κ1) is 11.8. The number of carbonyl (C=O) groups is 1. The number of esters is 1. The van der Waals surface area contributed by atoms with E-state index >= 15 is 0 Å². The molecule has 0 amide bonds. The second-order valence-corrected chi connectivity index (χ2v) is 3.84. The summed E-state index contributed by atoms with van der Waals surface area (Å²) in [6.07, 6.45) is 0.126. The Morgan fingerprint density at radius 3 is 2.54 bits per heavy atom. The van der Waals surface area contributed by atoms with Crippen molar-refractivity contribution >= 4 is 5.97 Å². The normalized spacial score (nSPS) is 12.9. The molecule has 5 heteroatoms. The third kappa shape index (κ3) is 7.15. The molecule has 1 atom stereocenters. The standard InChI is InChI=1S/C8H15N3O2/c1-6(10-11-9)5-7(12)13-8(2,3)4/h6H,5H2,1-4H3. The molecule has 0 aliphatic rings. The first-order chi connectivity index (χ1) is 5.85. The highest BCUT2D eigenvalue weighted by Gasteiger charge is 2.17. The Bertz CT molecular complexity index is 226. The molecule has 0 aromatic rings. The van der Waals surface area contributed by atoms with E-state index in [0.717, 1.165) is 0 Å². The summed E-state index contributed by atoms with van der Waals surface area (Å²) in [5.41, 5.74) is 7.61. The molecule has 0 aromatic heterocycles.